The predicted octanol–water partition coefficient (Wildman–Crippen LogP) is 3.74. The van der Waals surface area contributed by atoms with Gasteiger partial charge in [-0.3, -0.25) is 4.79 Å². The van der Waals surface area contributed by atoms with E-state index in [9.17, 15) is 4.79 Å². The highest BCUT2D eigenvalue weighted by Crippen LogP contribution is 2.27. The third kappa shape index (κ3) is 2.96. The van der Waals surface area contributed by atoms with Crippen molar-refractivity contribution in [3.63, 3.8) is 0 Å². The lowest BCUT2D eigenvalue weighted by atomic mass is 10.2. The first-order chi connectivity index (χ1) is 8.56. The topological polar surface area (TPSA) is 39.2 Å². The number of rotatable bonds is 3. The number of benzene rings is 1. The Labute approximate surface area is 110 Å². The standard InChI is InChI=1S/C14H15NO2S/c1-9-4-6-12(7-5-9)14-15-13(8-18-14)10(2)17-11(3)16/h4-8,10H,1-3H3/t10-/m0/s1. The summed E-state index contributed by atoms with van der Waals surface area (Å²) in [5.41, 5.74) is 3.11. The molecule has 0 aliphatic heterocycles. The van der Waals surface area contributed by atoms with E-state index in [0.29, 0.717) is 0 Å². The fraction of sp³-hybridized carbons (Fsp3) is 0.286. The molecule has 1 heterocycles. The van der Waals surface area contributed by atoms with Crippen LogP contribution in [0.5, 0.6) is 0 Å². The average Bonchev–Trinajstić information content (AvgIpc) is 2.78. The maximum Gasteiger partial charge on any atom is 0.303 e. The molecule has 4 heteroatoms. The van der Waals surface area contributed by atoms with Crippen LogP contribution in [0.3, 0.4) is 0 Å². The van der Waals surface area contributed by atoms with Gasteiger partial charge in [0.05, 0.1) is 5.69 Å². The summed E-state index contributed by atoms with van der Waals surface area (Å²) in [5.74, 6) is -0.285. The Balaban J connectivity index is 2.19. The van der Waals surface area contributed by atoms with Gasteiger partial charge in [0, 0.05) is 17.9 Å². The van der Waals surface area contributed by atoms with Crippen molar-refractivity contribution in [1.29, 1.82) is 0 Å². The average molecular weight is 261 g/mol. The largest absolute Gasteiger partial charge is 0.456 e. The maximum absolute atomic E-state index is 10.9. The maximum atomic E-state index is 10.9. The van der Waals surface area contributed by atoms with Crippen molar-refractivity contribution in [3.8, 4) is 10.6 Å². The highest BCUT2D eigenvalue weighted by atomic mass is 32.1. The van der Waals surface area contributed by atoms with Gasteiger partial charge in [0.25, 0.3) is 0 Å². The molecule has 1 aromatic carbocycles. The van der Waals surface area contributed by atoms with Crippen LogP contribution < -0.4 is 0 Å². The summed E-state index contributed by atoms with van der Waals surface area (Å²) in [6.07, 6.45) is -0.294. The van der Waals surface area contributed by atoms with Crippen molar-refractivity contribution in [2.24, 2.45) is 0 Å². The molecule has 0 unspecified atom stereocenters. The molecule has 0 bridgehead atoms. The van der Waals surface area contributed by atoms with Gasteiger partial charge in [0.15, 0.2) is 0 Å². The Bertz CT molecular complexity index is 545. The highest BCUT2D eigenvalue weighted by molar-refractivity contribution is 7.13. The minimum atomic E-state index is -0.294. The molecule has 0 saturated heterocycles. The SMILES string of the molecule is CC(=O)O[C@@H](C)c1csc(-c2ccc(C)cc2)n1. The molecule has 0 aliphatic rings. The number of nitrogens with zero attached hydrogens (tertiary/aromatic N) is 1. The fourth-order valence-corrected chi connectivity index (χ4v) is 2.52. The van der Waals surface area contributed by atoms with Gasteiger partial charge in [-0.15, -0.1) is 11.3 Å². The van der Waals surface area contributed by atoms with Gasteiger partial charge in [-0.05, 0) is 13.8 Å². The first-order valence-electron chi connectivity index (χ1n) is 5.76. The summed E-state index contributed by atoms with van der Waals surface area (Å²) in [7, 11) is 0. The molecule has 0 saturated carbocycles. The lowest BCUT2D eigenvalue weighted by Crippen LogP contribution is -2.04. The number of aromatic nitrogens is 1. The van der Waals surface area contributed by atoms with E-state index in [1.54, 1.807) is 11.3 Å². The molecular formula is C14H15NO2S. The Hall–Kier alpha value is -1.68. The molecule has 2 rings (SSSR count). The molecule has 0 fully saturated rings. The third-order valence-electron chi connectivity index (χ3n) is 2.58. The van der Waals surface area contributed by atoms with Crippen LogP contribution in [-0.2, 0) is 9.53 Å². The number of carbonyl (C=O) groups excluding carboxylic acids is 1. The second-order valence-corrected chi connectivity index (χ2v) is 5.05. The zero-order valence-corrected chi connectivity index (χ0v) is 11.5. The van der Waals surface area contributed by atoms with Gasteiger partial charge in [-0.1, -0.05) is 29.8 Å². The first-order valence-corrected chi connectivity index (χ1v) is 6.64. The van der Waals surface area contributed by atoms with Crippen molar-refractivity contribution in [2.45, 2.75) is 26.9 Å². The molecule has 0 aliphatic carbocycles. The van der Waals surface area contributed by atoms with Crippen LogP contribution in [0.1, 0.15) is 31.2 Å². The van der Waals surface area contributed by atoms with Gasteiger partial charge >= 0.3 is 5.97 Å². The highest BCUT2D eigenvalue weighted by Gasteiger charge is 2.13. The van der Waals surface area contributed by atoms with Gasteiger partial charge in [0.2, 0.25) is 0 Å². The molecule has 94 valence electrons. The summed E-state index contributed by atoms with van der Waals surface area (Å²) >= 11 is 1.56. The van der Waals surface area contributed by atoms with Crippen molar-refractivity contribution in [2.75, 3.05) is 0 Å². The monoisotopic (exact) mass is 261 g/mol. The van der Waals surface area contributed by atoms with E-state index in [2.05, 4.69) is 36.2 Å². The predicted molar refractivity (Wildman–Crippen MR) is 72.5 cm³/mol. The van der Waals surface area contributed by atoms with Crippen LogP contribution in [0.15, 0.2) is 29.6 Å². The molecule has 2 aromatic rings. The smallest absolute Gasteiger partial charge is 0.303 e. The Kier molecular flexibility index (Phi) is 3.77. The third-order valence-corrected chi connectivity index (χ3v) is 3.49. The second kappa shape index (κ2) is 5.31. The molecule has 18 heavy (non-hydrogen) atoms. The summed E-state index contributed by atoms with van der Waals surface area (Å²) in [6.45, 7) is 5.29. The fourth-order valence-electron chi connectivity index (χ4n) is 1.61. The van der Waals surface area contributed by atoms with E-state index in [1.807, 2.05) is 12.3 Å². The lowest BCUT2D eigenvalue weighted by molar-refractivity contribution is -0.145. The number of ether oxygens (including phenoxy) is 1. The molecule has 3 nitrogen and oxygen atoms in total. The van der Waals surface area contributed by atoms with Crippen LogP contribution in [0.2, 0.25) is 0 Å². The number of hydrogen-bond acceptors (Lipinski definition) is 4. The Morgan fingerprint density at radius 1 is 1.33 bits per heavy atom. The van der Waals surface area contributed by atoms with Gasteiger partial charge in [0.1, 0.15) is 11.1 Å². The Morgan fingerprint density at radius 3 is 2.61 bits per heavy atom. The molecule has 1 aromatic heterocycles. The normalized spacial score (nSPS) is 12.2. The van der Waals surface area contributed by atoms with Crippen LogP contribution in [0, 0.1) is 6.92 Å². The van der Waals surface area contributed by atoms with Gasteiger partial charge < -0.3 is 4.74 Å². The second-order valence-electron chi connectivity index (χ2n) is 4.20. The molecular weight excluding hydrogens is 246 g/mol. The molecule has 0 amide bonds. The summed E-state index contributed by atoms with van der Waals surface area (Å²) in [5, 5.41) is 2.88. The molecule has 0 N–H and O–H groups in total. The quantitative estimate of drug-likeness (QED) is 0.790. The minimum absolute atomic E-state index is 0.285. The summed E-state index contributed by atoms with van der Waals surface area (Å²) < 4.78 is 5.11. The van der Waals surface area contributed by atoms with E-state index in [1.165, 1.54) is 12.5 Å². The molecule has 1 atom stereocenters. The van der Waals surface area contributed by atoms with E-state index >= 15 is 0 Å². The van der Waals surface area contributed by atoms with Crippen LogP contribution in [0.4, 0.5) is 0 Å². The number of hydrogen-bond donors (Lipinski definition) is 0. The first kappa shape index (κ1) is 12.8. The van der Waals surface area contributed by atoms with Crippen molar-refractivity contribution >= 4 is 17.3 Å². The summed E-state index contributed by atoms with van der Waals surface area (Å²) in [6, 6.07) is 8.22. The minimum Gasteiger partial charge on any atom is -0.456 e. The molecule has 0 spiro atoms. The summed E-state index contributed by atoms with van der Waals surface area (Å²) in [4.78, 5) is 15.4. The van der Waals surface area contributed by atoms with E-state index in [-0.39, 0.29) is 12.1 Å². The van der Waals surface area contributed by atoms with Gasteiger partial charge in [-0.25, -0.2) is 4.98 Å². The molecule has 0 radical (unpaired) electrons. The van der Waals surface area contributed by atoms with Crippen LogP contribution in [-0.4, -0.2) is 11.0 Å². The number of thiazole rings is 1. The number of aryl methyl sites for hydroxylation is 1. The van der Waals surface area contributed by atoms with Crippen molar-refractivity contribution < 1.29 is 9.53 Å². The lowest BCUT2D eigenvalue weighted by Gasteiger charge is -2.08. The van der Waals surface area contributed by atoms with Crippen molar-refractivity contribution in [3.05, 3.63) is 40.9 Å². The van der Waals surface area contributed by atoms with Crippen molar-refractivity contribution in [1.82, 2.24) is 4.98 Å². The van der Waals surface area contributed by atoms with E-state index < -0.39 is 0 Å². The van der Waals surface area contributed by atoms with Gasteiger partial charge in [-0.2, -0.15) is 0 Å². The van der Waals surface area contributed by atoms with E-state index in [4.69, 9.17) is 4.74 Å². The zero-order chi connectivity index (χ0) is 13.1. The Morgan fingerprint density at radius 2 is 2.00 bits per heavy atom. The van der Waals surface area contributed by atoms with Crippen LogP contribution in [0.25, 0.3) is 10.6 Å². The number of carbonyl (C=O) groups is 1. The number of esters is 1. The van der Waals surface area contributed by atoms with Crippen LogP contribution >= 0.6 is 11.3 Å². The zero-order valence-electron chi connectivity index (χ0n) is 10.6. The van der Waals surface area contributed by atoms with E-state index in [0.717, 1.165) is 16.3 Å².